The van der Waals surface area contributed by atoms with Crippen molar-refractivity contribution >= 4 is 11.0 Å². The number of fused-ring (bicyclic) bond motifs is 1. The average molecular weight is 364 g/mol. The second-order valence-corrected chi connectivity index (χ2v) is 6.36. The van der Waals surface area contributed by atoms with Gasteiger partial charge in [0.2, 0.25) is 0 Å². The Balaban J connectivity index is 1.81. The summed E-state index contributed by atoms with van der Waals surface area (Å²) in [6.45, 7) is 5.80. The third-order valence-electron chi connectivity index (χ3n) is 4.19. The van der Waals surface area contributed by atoms with Gasteiger partial charge in [0.05, 0.1) is 38.2 Å². The topological polar surface area (TPSA) is 76.4 Å². The maximum absolute atomic E-state index is 12.5. The molecule has 7 heteroatoms. The van der Waals surface area contributed by atoms with E-state index in [2.05, 4.69) is 0 Å². The van der Waals surface area contributed by atoms with Gasteiger partial charge < -0.3 is 28.1 Å². The van der Waals surface area contributed by atoms with Gasteiger partial charge in [0.25, 0.3) is 0 Å². The number of hydrogen-bond donors (Lipinski definition) is 0. The minimum atomic E-state index is -0.762. The summed E-state index contributed by atoms with van der Waals surface area (Å²) in [6.07, 6.45) is 0.364. The third kappa shape index (κ3) is 4.42. The summed E-state index contributed by atoms with van der Waals surface area (Å²) < 4.78 is 32.9. The molecule has 1 fully saturated rings. The van der Waals surface area contributed by atoms with Crippen molar-refractivity contribution in [2.45, 2.75) is 26.1 Å². The molecule has 26 heavy (non-hydrogen) atoms. The Kier molecular flexibility index (Phi) is 5.93. The summed E-state index contributed by atoms with van der Waals surface area (Å²) in [6, 6.07) is 4.99. The van der Waals surface area contributed by atoms with E-state index in [9.17, 15) is 4.79 Å². The third-order valence-corrected chi connectivity index (χ3v) is 4.19. The van der Waals surface area contributed by atoms with Crippen molar-refractivity contribution in [3.05, 3.63) is 39.7 Å². The molecule has 0 unspecified atom stereocenters. The molecule has 0 spiro atoms. The first-order chi connectivity index (χ1) is 12.5. The van der Waals surface area contributed by atoms with Crippen LogP contribution in [-0.4, -0.2) is 46.1 Å². The predicted molar refractivity (Wildman–Crippen MR) is 94.6 cm³/mol. The van der Waals surface area contributed by atoms with Gasteiger partial charge in [0.15, 0.2) is 18.0 Å². The summed E-state index contributed by atoms with van der Waals surface area (Å²) in [5.74, 6) is 0.328. The molecule has 0 radical (unpaired) electrons. The average Bonchev–Trinajstić information content (AvgIpc) is 3.00. The van der Waals surface area contributed by atoms with E-state index in [0.717, 1.165) is 5.56 Å². The maximum Gasteiger partial charge on any atom is 0.193 e. The molecule has 0 aliphatic carbocycles. The summed E-state index contributed by atoms with van der Waals surface area (Å²) in [4.78, 5) is 12.5. The van der Waals surface area contributed by atoms with Gasteiger partial charge in [-0.1, -0.05) is 0 Å². The van der Waals surface area contributed by atoms with E-state index in [0.29, 0.717) is 55.3 Å². The molecule has 1 aliphatic heterocycles. The lowest BCUT2D eigenvalue weighted by atomic mass is 10.1. The Hall–Kier alpha value is -1.93. The second-order valence-electron chi connectivity index (χ2n) is 6.36. The van der Waals surface area contributed by atoms with Crippen molar-refractivity contribution in [2.24, 2.45) is 0 Å². The van der Waals surface area contributed by atoms with Crippen LogP contribution in [0.15, 0.2) is 27.4 Å². The van der Waals surface area contributed by atoms with E-state index in [1.54, 1.807) is 19.2 Å². The summed E-state index contributed by atoms with van der Waals surface area (Å²) >= 11 is 0. The van der Waals surface area contributed by atoms with Crippen LogP contribution < -0.4 is 10.2 Å². The van der Waals surface area contributed by atoms with Crippen LogP contribution >= 0.6 is 0 Å². The molecule has 2 aromatic rings. The number of ether oxygens (including phenoxy) is 5. The van der Waals surface area contributed by atoms with Gasteiger partial charge in [-0.25, -0.2) is 0 Å². The van der Waals surface area contributed by atoms with Crippen LogP contribution in [0, 0.1) is 6.92 Å². The van der Waals surface area contributed by atoms with Gasteiger partial charge in [-0.05, 0) is 25.5 Å². The van der Waals surface area contributed by atoms with E-state index in [-0.39, 0.29) is 12.2 Å². The standard InChI is InChI=1S/C19H24O7/c1-13-8-14(23-12-22-5-4-21-3)10-17-18(13)16(20)9-15(26-17)11-19(2)24-6-7-25-19/h8-10H,4-7,11-12H2,1-3H3. The minimum Gasteiger partial charge on any atom is -0.467 e. The van der Waals surface area contributed by atoms with E-state index in [1.165, 1.54) is 6.07 Å². The van der Waals surface area contributed by atoms with Gasteiger partial charge in [0.1, 0.15) is 17.1 Å². The second kappa shape index (κ2) is 8.18. The van der Waals surface area contributed by atoms with Crippen LogP contribution in [0.25, 0.3) is 11.0 Å². The molecule has 1 aromatic heterocycles. The molecule has 0 atom stereocenters. The Morgan fingerprint density at radius 1 is 1.15 bits per heavy atom. The van der Waals surface area contributed by atoms with Crippen LogP contribution in [0.3, 0.4) is 0 Å². The van der Waals surface area contributed by atoms with E-state index in [1.807, 2.05) is 13.8 Å². The van der Waals surface area contributed by atoms with Crippen molar-refractivity contribution in [3.63, 3.8) is 0 Å². The Bertz CT molecular complexity index is 805. The molecule has 3 rings (SSSR count). The number of aryl methyl sites for hydroxylation is 1. The van der Waals surface area contributed by atoms with Gasteiger partial charge in [-0.15, -0.1) is 0 Å². The molecule has 0 amide bonds. The first-order valence-corrected chi connectivity index (χ1v) is 8.55. The van der Waals surface area contributed by atoms with Crippen molar-refractivity contribution in [2.75, 3.05) is 40.3 Å². The molecular formula is C19H24O7. The molecule has 1 aromatic carbocycles. The first kappa shape index (κ1) is 18.8. The van der Waals surface area contributed by atoms with Crippen LogP contribution in [0.5, 0.6) is 5.75 Å². The van der Waals surface area contributed by atoms with Crippen LogP contribution in [0.4, 0.5) is 0 Å². The zero-order chi connectivity index (χ0) is 18.6. The highest BCUT2D eigenvalue weighted by molar-refractivity contribution is 5.81. The largest absolute Gasteiger partial charge is 0.467 e. The Morgan fingerprint density at radius 2 is 1.92 bits per heavy atom. The van der Waals surface area contributed by atoms with Crippen molar-refractivity contribution in [1.29, 1.82) is 0 Å². The van der Waals surface area contributed by atoms with Gasteiger partial charge >= 0.3 is 0 Å². The number of benzene rings is 1. The minimum absolute atomic E-state index is 0.0942. The summed E-state index contributed by atoms with van der Waals surface area (Å²) in [7, 11) is 1.61. The lowest BCUT2D eigenvalue weighted by Crippen LogP contribution is -2.28. The monoisotopic (exact) mass is 364 g/mol. The highest BCUT2D eigenvalue weighted by Crippen LogP contribution is 2.27. The molecule has 0 bridgehead atoms. The lowest BCUT2D eigenvalue weighted by Gasteiger charge is -2.21. The SMILES string of the molecule is COCCOCOc1cc(C)c2c(=O)cc(CC3(C)OCCO3)oc2c1. The van der Waals surface area contributed by atoms with Crippen molar-refractivity contribution < 1.29 is 28.1 Å². The van der Waals surface area contributed by atoms with Gasteiger partial charge in [-0.2, -0.15) is 0 Å². The summed E-state index contributed by atoms with van der Waals surface area (Å²) in [5, 5.41) is 0.541. The maximum atomic E-state index is 12.5. The molecular weight excluding hydrogens is 340 g/mol. The molecule has 0 N–H and O–H groups in total. The lowest BCUT2D eigenvalue weighted by molar-refractivity contribution is -0.142. The fourth-order valence-electron chi connectivity index (χ4n) is 2.96. The van der Waals surface area contributed by atoms with Gasteiger partial charge in [0, 0.05) is 19.2 Å². The van der Waals surface area contributed by atoms with Crippen LogP contribution in [-0.2, 0) is 25.4 Å². The molecule has 142 valence electrons. The van der Waals surface area contributed by atoms with Crippen LogP contribution in [0.2, 0.25) is 0 Å². The summed E-state index contributed by atoms with van der Waals surface area (Å²) in [5.41, 5.74) is 1.17. The Labute approximate surface area is 151 Å². The quantitative estimate of drug-likeness (QED) is 0.526. The number of hydrogen-bond acceptors (Lipinski definition) is 7. The normalized spacial score (nSPS) is 16.3. The van der Waals surface area contributed by atoms with Crippen molar-refractivity contribution in [1.82, 2.24) is 0 Å². The smallest absolute Gasteiger partial charge is 0.193 e. The van der Waals surface area contributed by atoms with Gasteiger partial charge in [-0.3, -0.25) is 4.79 Å². The molecule has 0 saturated carbocycles. The fraction of sp³-hybridized carbons (Fsp3) is 0.526. The van der Waals surface area contributed by atoms with E-state index in [4.69, 9.17) is 28.1 Å². The number of methoxy groups -OCH3 is 1. The van der Waals surface area contributed by atoms with Crippen LogP contribution in [0.1, 0.15) is 18.2 Å². The van der Waals surface area contributed by atoms with Crippen molar-refractivity contribution in [3.8, 4) is 5.75 Å². The molecule has 1 aliphatic rings. The zero-order valence-corrected chi connectivity index (χ0v) is 15.3. The predicted octanol–water partition coefficient (Wildman–Crippen LogP) is 2.41. The fourth-order valence-corrected chi connectivity index (χ4v) is 2.96. The Morgan fingerprint density at radius 3 is 2.65 bits per heavy atom. The highest BCUT2D eigenvalue weighted by Gasteiger charge is 2.32. The van der Waals surface area contributed by atoms with E-state index >= 15 is 0 Å². The molecule has 2 heterocycles. The molecule has 7 nitrogen and oxygen atoms in total. The first-order valence-electron chi connectivity index (χ1n) is 8.55. The zero-order valence-electron chi connectivity index (χ0n) is 15.3. The van der Waals surface area contributed by atoms with E-state index < -0.39 is 5.79 Å². The molecule has 1 saturated heterocycles. The number of rotatable bonds is 8. The highest BCUT2D eigenvalue weighted by atomic mass is 16.7.